The SMILES string of the molecule is Cc1cc(S(=O)(=O)N2CCC(O)CC2C(=O)O)ccc1OCc1ccccc1C(F)(F)F. The lowest BCUT2D eigenvalue weighted by molar-refractivity contribution is -0.144. The van der Waals surface area contributed by atoms with Gasteiger partial charge in [-0.2, -0.15) is 17.5 Å². The lowest BCUT2D eigenvalue weighted by atomic mass is 10.0. The van der Waals surface area contributed by atoms with Gasteiger partial charge in [-0.05, 0) is 43.2 Å². The van der Waals surface area contributed by atoms with Gasteiger partial charge in [0, 0.05) is 18.5 Å². The predicted molar refractivity (Wildman–Crippen MR) is 108 cm³/mol. The molecule has 0 amide bonds. The van der Waals surface area contributed by atoms with Gasteiger partial charge < -0.3 is 14.9 Å². The third-order valence-electron chi connectivity index (χ3n) is 5.27. The average Bonchev–Trinajstić information content (AvgIpc) is 2.72. The van der Waals surface area contributed by atoms with Crippen LogP contribution in [0.5, 0.6) is 5.75 Å². The molecule has 0 bridgehead atoms. The predicted octanol–water partition coefficient (Wildman–Crippen LogP) is 3.19. The van der Waals surface area contributed by atoms with Gasteiger partial charge in [0.15, 0.2) is 0 Å². The topological polar surface area (TPSA) is 104 Å². The minimum absolute atomic E-state index is 0.0627. The second-order valence-corrected chi connectivity index (χ2v) is 9.41. The van der Waals surface area contributed by atoms with Gasteiger partial charge >= 0.3 is 12.1 Å². The Balaban J connectivity index is 1.82. The number of nitrogens with zero attached hydrogens (tertiary/aromatic N) is 1. The molecule has 11 heteroatoms. The third kappa shape index (κ3) is 5.05. The largest absolute Gasteiger partial charge is 0.489 e. The van der Waals surface area contributed by atoms with Crippen molar-refractivity contribution in [2.75, 3.05) is 6.54 Å². The molecular formula is C21H22F3NO6S. The molecule has 1 aliphatic rings. The van der Waals surface area contributed by atoms with Crippen molar-refractivity contribution in [2.24, 2.45) is 0 Å². The molecule has 2 atom stereocenters. The van der Waals surface area contributed by atoms with Crippen molar-refractivity contribution in [2.45, 2.75) is 49.6 Å². The third-order valence-corrected chi connectivity index (χ3v) is 7.17. The first-order valence-corrected chi connectivity index (χ1v) is 11.2. The second-order valence-electron chi connectivity index (χ2n) is 7.52. The number of carboxylic acid groups (broad SMARTS) is 1. The summed E-state index contributed by atoms with van der Waals surface area (Å²) in [4.78, 5) is 11.3. The quantitative estimate of drug-likeness (QED) is 0.668. The molecule has 32 heavy (non-hydrogen) atoms. The van der Waals surface area contributed by atoms with Gasteiger partial charge in [-0.1, -0.05) is 18.2 Å². The van der Waals surface area contributed by atoms with E-state index in [1.807, 2.05) is 0 Å². The first kappa shape index (κ1) is 24.0. The number of sulfonamides is 1. The summed E-state index contributed by atoms with van der Waals surface area (Å²) >= 11 is 0. The van der Waals surface area contributed by atoms with E-state index in [1.165, 1.54) is 36.4 Å². The molecule has 7 nitrogen and oxygen atoms in total. The van der Waals surface area contributed by atoms with Gasteiger partial charge in [0.1, 0.15) is 18.4 Å². The summed E-state index contributed by atoms with van der Waals surface area (Å²) in [5.41, 5.74) is -0.518. The van der Waals surface area contributed by atoms with Crippen LogP contribution in [0.4, 0.5) is 13.2 Å². The fourth-order valence-electron chi connectivity index (χ4n) is 3.59. The molecule has 0 aromatic heterocycles. The number of benzene rings is 2. The number of rotatable bonds is 6. The van der Waals surface area contributed by atoms with Crippen LogP contribution >= 0.6 is 0 Å². The Morgan fingerprint density at radius 1 is 1.22 bits per heavy atom. The molecule has 2 aromatic rings. The number of aliphatic hydroxyl groups is 1. The molecule has 2 aromatic carbocycles. The highest BCUT2D eigenvalue weighted by Crippen LogP contribution is 2.33. The molecule has 0 spiro atoms. The van der Waals surface area contributed by atoms with Gasteiger partial charge in [0.2, 0.25) is 10.0 Å². The van der Waals surface area contributed by atoms with E-state index in [-0.39, 0.29) is 42.2 Å². The Hall–Kier alpha value is -2.63. The number of carbonyl (C=O) groups is 1. The molecular weight excluding hydrogens is 451 g/mol. The number of alkyl halides is 3. The van der Waals surface area contributed by atoms with Crippen LogP contribution < -0.4 is 4.74 Å². The Bertz CT molecular complexity index is 1100. The zero-order valence-corrected chi connectivity index (χ0v) is 17.9. The van der Waals surface area contributed by atoms with Crippen LogP contribution in [0.3, 0.4) is 0 Å². The maximum atomic E-state index is 13.1. The van der Waals surface area contributed by atoms with E-state index in [0.717, 1.165) is 10.4 Å². The van der Waals surface area contributed by atoms with Crippen LogP contribution in [0, 0.1) is 6.92 Å². The maximum absolute atomic E-state index is 13.1. The van der Waals surface area contributed by atoms with Gasteiger partial charge in [0.05, 0.1) is 16.6 Å². The smallest absolute Gasteiger partial charge is 0.416 e. The van der Waals surface area contributed by atoms with Crippen molar-refractivity contribution >= 4 is 16.0 Å². The second kappa shape index (κ2) is 9.08. The van der Waals surface area contributed by atoms with E-state index < -0.39 is 39.9 Å². The summed E-state index contributed by atoms with van der Waals surface area (Å²) in [6.45, 7) is 1.03. The fourth-order valence-corrected chi connectivity index (χ4v) is 5.29. The number of aliphatic hydroxyl groups excluding tert-OH is 1. The highest BCUT2D eigenvalue weighted by molar-refractivity contribution is 7.89. The molecule has 0 radical (unpaired) electrons. The van der Waals surface area contributed by atoms with E-state index in [1.54, 1.807) is 6.92 Å². The molecule has 3 rings (SSSR count). The first-order chi connectivity index (χ1) is 14.9. The van der Waals surface area contributed by atoms with E-state index in [0.29, 0.717) is 5.56 Å². The summed E-state index contributed by atoms with van der Waals surface area (Å²) in [6, 6.07) is 7.43. The van der Waals surface area contributed by atoms with Gasteiger partial charge in [-0.25, -0.2) is 8.42 Å². The summed E-state index contributed by atoms with van der Waals surface area (Å²) in [5.74, 6) is -1.16. The highest BCUT2D eigenvalue weighted by Gasteiger charge is 2.40. The van der Waals surface area contributed by atoms with Crippen LogP contribution in [0.15, 0.2) is 47.4 Å². The lowest BCUT2D eigenvalue weighted by Gasteiger charge is -2.34. The number of halogens is 3. The summed E-state index contributed by atoms with van der Waals surface area (Å²) < 4.78 is 71.8. The van der Waals surface area contributed by atoms with Crippen LogP contribution in [0.1, 0.15) is 29.5 Å². The Labute approximate surface area is 183 Å². The van der Waals surface area contributed by atoms with Gasteiger partial charge in [-0.3, -0.25) is 4.79 Å². The normalized spacial score (nSPS) is 20.2. The summed E-state index contributed by atoms with van der Waals surface area (Å²) in [6.07, 6.45) is -5.54. The van der Waals surface area contributed by atoms with Crippen molar-refractivity contribution in [1.29, 1.82) is 0 Å². The Morgan fingerprint density at radius 2 is 1.91 bits per heavy atom. The Kier molecular flexibility index (Phi) is 6.82. The molecule has 2 unspecified atom stereocenters. The Morgan fingerprint density at radius 3 is 2.53 bits per heavy atom. The molecule has 0 aliphatic carbocycles. The first-order valence-electron chi connectivity index (χ1n) is 9.72. The van der Waals surface area contributed by atoms with E-state index in [4.69, 9.17) is 4.74 Å². The number of hydrogen-bond donors (Lipinski definition) is 2. The number of carboxylic acids is 1. The molecule has 1 saturated heterocycles. The zero-order valence-electron chi connectivity index (χ0n) is 17.0. The van der Waals surface area contributed by atoms with Crippen molar-refractivity contribution < 1.29 is 41.3 Å². The lowest BCUT2D eigenvalue weighted by Crippen LogP contribution is -2.51. The van der Waals surface area contributed by atoms with Gasteiger partial charge in [-0.15, -0.1) is 0 Å². The van der Waals surface area contributed by atoms with Crippen LogP contribution in [-0.2, 0) is 27.6 Å². The molecule has 0 saturated carbocycles. The van der Waals surface area contributed by atoms with Crippen molar-refractivity contribution in [3.05, 3.63) is 59.2 Å². The molecule has 1 heterocycles. The molecule has 2 N–H and O–H groups in total. The number of aliphatic carboxylic acids is 1. The standard InChI is InChI=1S/C21H22F3NO6S/c1-13-10-16(32(29,30)25-9-8-15(26)11-18(25)20(27)28)6-7-19(13)31-12-14-4-2-3-5-17(14)21(22,23)24/h2-7,10,15,18,26H,8-9,11-12H2,1H3,(H,27,28). The molecule has 1 aliphatic heterocycles. The number of aryl methyl sites for hydroxylation is 1. The van der Waals surface area contributed by atoms with Crippen molar-refractivity contribution in [3.63, 3.8) is 0 Å². The number of ether oxygens (including phenoxy) is 1. The summed E-state index contributed by atoms with van der Waals surface area (Å²) in [5, 5.41) is 19.1. The van der Waals surface area contributed by atoms with Crippen LogP contribution in [-0.4, -0.2) is 47.6 Å². The number of hydrogen-bond acceptors (Lipinski definition) is 5. The van der Waals surface area contributed by atoms with Crippen molar-refractivity contribution in [3.8, 4) is 5.75 Å². The molecule has 1 fully saturated rings. The minimum Gasteiger partial charge on any atom is -0.489 e. The van der Waals surface area contributed by atoms with E-state index in [9.17, 15) is 36.6 Å². The number of piperidine rings is 1. The molecule has 174 valence electrons. The van der Waals surface area contributed by atoms with E-state index in [2.05, 4.69) is 0 Å². The van der Waals surface area contributed by atoms with Crippen LogP contribution in [0.2, 0.25) is 0 Å². The van der Waals surface area contributed by atoms with Gasteiger partial charge in [0.25, 0.3) is 0 Å². The fraction of sp³-hybridized carbons (Fsp3) is 0.381. The van der Waals surface area contributed by atoms with Crippen LogP contribution in [0.25, 0.3) is 0 Å². The minimum atomic E-state index is -4.53. The average molecular weight is 473 g/mol. The van der Waals surface area contributed by atoms with Crippen molar-refractivity contribution in [1.82, 2.24) is 4.31 Å². The zero-order chi connectivity index (χ0) is 23.7. The summed E-state index contributed by atoms with van der Waals surface area (Å²) in [7, 11) is -4.18. The highest BCUT2D eigenvalue weighted by atomic mass is 32.2. The van der Waals surface area contributed by atoms with E-state index >= 15 is 0 Å². The maximum Gasteiger partial charge on any atom is 0.416 e. The monoisotopic (exact) mass is 473 g/mol.